The summed E-state index contributed by atoms with van der Waals surface area (Å²) >= 11 is 0. The van der Waals surface area contributed by atoms with Crippen molar-refractivity contribution < 1.29 is 22.4 Å². The van der Waals surface area contributed by atoms with E-state index < -0.39 is 28.7 Å². The highest BCUT2D eigenvalue weighted by Gasteiger charge is 2.16. The smallest absolute Gasteiger partial charge is 0.209 e. The predicted octanol–water partition coefficient (Wildman–Crippen LogP) is 2.03. The standard InChI is InChI=1S/C15H19FN2O4S/c1-10(8-16)15(19)12-5-3-11(4-6-12)14-7-13(18-22-14)9-17-23(2,20)21/h3-7,10,15,17,19H,8-9H2,1-2H3/t10-,15-/m0/s1. The molecule has 0 fully saturated rings. The van der Waals surface area contributed by atoms with Crippen LogP contribution in [0.4, 0.5) is 4.39 Å². The Morgan fingerprint density at radius 3 is 2.57 bits per heavy atom. The second-order valence-electron chi connectivity index (χ2n) is 5.47. The van der Waals surface area contributed by atoms with Gasteiger partial charge in [-0.3, -0.25) is 4.39 Å². The predicted molar refractivity (Wildman–Crippen MR) is 83.7 cm³/mol. The van der Waals surface area contributed by atoms with E-state index in [-0.39, 0.29) is 6.54 Å². The largest absolute Gasteiger partial charge is 0.388 e. The molecule has 8 heteroatoms. The lowest BCUT2D eigenvalue weighted by Gasteiger charge is -2.16. The van der Waals surface area contributed by atoms with Gasteiger partial charge in [-0.1, -0.05) is 36.3 Å². The average Bonchev–Trinajstić information content (AvgIpc) is 3.00. The summed E-state index contributed by atoms with van der Waals surface area (Å²) in [5.41, 5.74) is 1.81. The van der Waals surface area contributed by atoms with Gasteiger partial charge in [0.2, 0.25) is 10.0 Å². The van der Waals surface area contributed by atoms with Crippen molar-refractivity contribution >= 4 is 10.0 Å². The monoisotopic (exact) mass is 342 g/mol. The van der Waals surface area contributed by atoms with Crippen LogP contribution < -0.4 is 4.72 Å². The van der Waals surface area contributed by atoms with Crippen LogP contribution in [-0.4, -0.2) is 31.6 Å². The fraction of sp³-hybridized carbons (Fsp3) is 0.400. The van der Waals surface area contributed by atoms with Crippen LogP contribution in [0.15, 0.2) is 34.9 Å². The van der Waals surface area contributed by atoms with Gasteiger partial charge in [-0.25, -0.2) is 13.1 Å². The fourth-order valence-corrected chi connectivity index (χ4v) is 2.40. The lowest BCUT2D eigenvalue weighted by atomic mass is 9.97. The summed E-state index contributed by atoms with van der Waals surface area (Å²) in [6, 6.07) is 8.50. The summed E-state index contributed by atoms with van der Waals surface area (Å²) in [7, 11) is -3.29. The van der Waals surface area contributed by atoms with Crippen molar-refractivity contribution in [3.63, 3.8) is 0 Å². The Hall–Kier alpha value is -1.77. The molecule has 2 N–H and O–H groups in total. The van der Waals surface area contributed by atoms with Crippen LogP contribution in [0.1, 0.15) is 24.3 Å². The Balaban J connectivity index is 2.09. The number of nitrogens with one attached hydrogen (secondary N) is 1. The van der Waals surface area contributed by atoms with Gasteiger partial charge in [-0.2, -0.15) is 0 Å². The van der Waals surface area contributed by atoms with E-state index in [1.165, 1.54) is 0 Å². The number of sulfonamides is 1. The van der Waals surface area contributed by atoms with Crippen LogP contribution in [0.3, 0.4) is 0 Å². The molecule has 2 atom stereocenters. The molecule has 2 aromatic rings. The minimum atomic E-state index is -3.29. The number of aliphatic hydroxyl groups is 1. The van der Waals surface area contributed by atoms with E-state index in [0.717, 1.165) is 11.8 Å². The van der Waals surface area contributed by atoms with Gasteiger partial charge in [0, 0.05) is 17.5 Å². The number of hydrogen-bond donors (Lipinski definition) is 2. The van der Waals surface area contributed by atoms with Gasteiger partial charge >= 0.3 is 0 Å². The van der Waals surface area contributed by atoms with Gasteiger partial charge in [-0.15, -0.1) is 0 Å². The molecule has 0 aliphatic rings. The highest BCUT2D eigenvalue weighted by Crippen LogP contribution is 2.26. The number of rotatable bonds is 7. The van der Waals surface area contributed by atoms with E-state index >= 15 is 0 Å². The van der Waals surface area contributed by atoms with Gasteiger partial charge < -0.3 is 9.63 Å². The number of aromatic nitrogens is 1. The van der Waals surface area contributed by atoms with Crippen LogP contribution in [0.25, 0.3) is 11.3 Å². The summed E-state index contributed by atoms with van der Waals surface area (Å²) in [6.07, 6.45) is 0.203. The lowest BCUT2D eigenvalue weighted by molar-refractivity contribution is 0.102. The average molecular weight is 342 g/mol. The third-order valence-electron chi connectivity index (χ3n) is 3.39. The van der Waals surface area contributed by atoms with Crippen LogP contribution in [0.5, 0.6) is 0 Å². The minimum Gasteiger partial charge on any atom is -0.388 e. The maximum absolute atomic E-state index is 12.6. The molecule has 126 valence electrons. The van der Waals surface area contributed by atoms with E-state index in [1.54, 1.807) is 37.3 Å². The lowest BCUT2D eigenvalue weighted by Crippen LogP contribution is -2.21. The number of hydrogen-bond acceptors (Lipinski definition) is 5. The molecule has 0 amide bonds. The second-order valence-corrected chi connectivity index (χ2v) is 7.31. The molecule has 1 aromatic carbocycles. The van der Waals surface area contributed by atoms with E-state index in [1.807, 2.05) is 0 Å². The quantitative estimate of drug-likeness (QED) is 0.803. The highest BCUT2D eigenvalue weighted by molar-refractivity contribution is 7.88. The zero-order chi connectivity index (χ0) is 17.0. The first kappa shape index (κ1) is 17.6. The molecule has 23 heavy (non-hydrogen) atoms. The SMILES string of the molecule is C[C@@H](CF)[C@H](O)c1ccc(-c2cc(CNS(C)(=O)=O)no2)cc1. The van der Waals surface area contributed by atoms with Crippen molar-refractivity contribution in [2.24, 2.45) is 5.92 Å². The number of nitrogens with zero attached hydrogens (tertiary/aromatic N) is 1. The van der Waals surface area contributed by atoms with Gasteiger partial charge in [-0.05, 0) is 5.56 Å². The van der Waals surface area contributed by atoms with Crippen molar-refractivity contribution in [3.8, 4) is 11.3 Å². The maximum atomic E-state index is 12.6. The molecule has 0 saturated heterocycles. The summed E-state index contributed by atoms with van der Waals surface area (Å²) in [5.74, 6) is 0.00896. The van der Waals surface area contributed by atoms with Gasteiger partial charge in [0.05, 0.1) is 31.3 Å². The fourth-order valence-electron chi connectivity index (χ4n) is 1.99. The van der Waals surface area contributed by atoms with Crippen molar-refractivity contribution in [3.05, 3.63) is 41.6 Å². The number of benzene rings is 1. The Labute approximate surface area is 134 Å². The number of alkyl halides is 1. The van der Waals surface area contributed by atoms with Gasteiger partial charge in [0.25, 0.3) is 0 Å². The third-order valence-corrected chi connectivity index (χ3v) is 4.06. The normalized spacial score (nSPS) is 14.6. The molecule has 0 spiro atoms. The Morgan fingerprint density at radius 2 is 2.00 bits per heavy atom. The second kappa shape index (κ2) is 7.20. The number of aliphatic hydroxyl groups excluding tert-OH is 1. The van der Waals surface area contributed by atoms with Crippen molar-refractivity contribution in [2.45, 2.75) is 19.6 Å². The van der Waals surface area contributed by atoms with E-state index in [2.05, 4.69) is 9.88 Å². The molecule has 0 bridgehead atoms. The molecule has 0 aliphatic heterocycles. The zero-order valence-corrected chi connectivity index (χ0v) is 13.7. The van der Waals surface area contributed by atoms with E-state index in [9.17, 15) is 17.9 Å². The van der Waals surface area contributed by atoms with Crippen molar-refractivity contribution in [2.75, 3.05) is 12.9 Å². The molecule has 0 saturated carbocycles. The van der Waals surface area contributed by atoms with Crippen molar-refractivity contribution in [1.29, 1.82) is 0 Å². The molecule has 0 unspecified atom stereocenters. The summed E-state index contributed by atoms with van der Waals surface area (Å²) in [5, 5.41) is 13.8. The Bertz CT molecular complexity index is 743. The molecular weight excluding hydrogens is 323 g/mol. The molecular formula is C15H19FN2O4S. The first-order chi connectivity index (χ1) is 10.8. The summed E-state index contributed by atoms with van der Waals surface area (Å²) < 4.78 is 42.2. The van der Waals surface area contributed by atoms with E-state index in [0.29, 0.717) is 17.0 Å². The van der Waals surface area contributed by atoms with Crippen LogP contribution >= 0.6 is 0 Å². The Morgan fingerprint density at radius 1 is 1.35 bits per heavy atom. The van der Waals surface area contributed by atoms with Crippen molar-refractivity contribution in [1.82, 2.24) is 9.88 Å². The molecule has 0 aliphatic carbocycles. The zero-order valence-electron chi connectivity index (χ0n) is 12.9. The molecule has 2 rings (SSSR count). The van der Waals surface area contributed by atoms with Gasteiger partial charge in [0.1, 0.15) is 0 Å². The van der Waals surface area contributed by atoms with Crippen LogP contribution in [0, 0.1) is 5.92 Å². The highest BCUT2D eigenvalue weighted by atomic mass is 32.2. The molecule has 6 nitrogen and oxygen atoms in total. The van der Waals surface area contributed by atoms with E-state index in [4.69, 9.17) is 4.52 Å². The first-order valence-electron chi connectivity index (χ1n) is 7.04. The summed E-state index contributed by atoms with van der Waals surface area (Å²) in [6.45, 7) is 1.09. The van der Waals surface area contributed by atoms with Crippen LogP contribution in [0.2, 0.25) is 0 Å². The minimum absolute atomic E-state index is 0.0488. The molecule has 1 heterocycles. The topological polar surface area (TPSA) is 92.4 Å². The Kier molecular flexibility index (Phi) is 5.51. The number of halogens is 1. The summed E-state index contributed by atoms with van der Waals surface area (Å²) in [4.78, 5) is 0. The molecule has 1 aromatic heterocycles. The van der Waals surface area contributed by atoms with Crippen LogP contribution in [-0.2, 0) is 16.6 Å². The van der Waals surface area contributed by atoms with Gasteiger partial charge in [0.15, 0.2) is 5.76 Å². The third kappa shape index (κ3) is 4.85. The maximum Gasteiger partial charge on any atom is 0.209 e. The molecule has 0 radical (unpaired) electrons. The first-order valence-corrected chi connectivity index (χ1v) is 8.94.